The molecule has 0 spiro atoms. The molecule has 114 valence electrons. The lowest BCUT2D eigenvalue weighted by molar-refractivity contribution is 0.136. The van der Waals surface area contributed by atoms with E-state index in [1.165, 1.54) is 0 Å². The molecule has 0 rings (SSSR count). The van der Waals surface area contributed by atoms with E-state index in [9.17, 15) is 0 Å². The lowest BCUT2D eigenvalue weighted by Crippen LogP contribution is -2.41. The number of hydrogen-bond acceptors (Lipinski definition) is 4. The van der Waals surface area contributed by atoms with Crippen LogP contribution < -0.4 is 17.2 Å². The van der Waals surface area contributed by atoms with E-state index in [2.05, 4.69) is 13.5 Å². The third kappa shape index (κ3) is 6.41. The second-order valence-electron chi connectivity index (χ2n) is 5.04. The van der Waals surface area contributed by atoms with E-state index in [-0.39, 0.29) is 11.9 Å². The Labute approximate surface area is 124 Å². The van der Waals surface area contributed by atoms with Crippen LogP contribution in [0.5, 0.6) is 0 Å². The molecule has 0 fully saturated rings. The Bertz CT molecular complexity index is 342. The Hall–Kier alpha value is -1.04. The summed E-state index contributed by atoms with van der Waals surface area (Å²) in [5.74, 6) is 1.01. The largest absolute Gasteiger partial charge is 0.476 e. The summed E-state index contributed by atoms with van der Waals surface area (Å²) in [5, 5.41) is 0. The van der Waals surface area contributed by atoms with E-state index in [0.717, 1.165) is 30.6 Å². The van der Waals surface area contributed by atoms with E-state index < -0.39 is 6.23 Å². The van der Waals surface area contributed by atoms with Crippen molar-refractivity contribution in [1.29, 1.82) is 0 Å². The monoisotopic (exact) mass is 279 g/mol. The highest BCUT2D eigenvalue weighted by atomic mass is 16.5. The summed E-state index contributed by atoms with van der Waals surface area (Å²) in [6.07, 6.45) is 7.99. The fourth-order valence-corrected chi connectivity index (χ4v) is 1.92. The van der Waals surface area contributed by atoms with Gasteiger partial charge in [-0.05, 0) is 37.4 Å². The summed E-state index contributed by atoms with van der Waals surface area (Å²) >= 11 is 0. The van der Waals surface area contributed by atoms with Gasteiger partial charge >= 0.3 is 0 Å². The zero-order valence-corrected chi connectivity index (χ0v) is 13.1. The molecule has 0 bridgehead atoms. The first-order chi connectivity index (χ1) is 9.51. The van der Waals surface area contributed by atoms with Crippen LogP contribution in [0.3, 0.4) is 0 Å². The van der Waals surface area contributed by atoms with Crippen LogP contribution in [-0.4, -0.2) is 26.7 Å². The summed E-state index contributed by atoms with van der Waals surface area (Å²) in [4.78, 5) is 0. The van der Waals surface area contributed by atoms with Crippen molar-refractivity contribution in [2.24, 2.45) is 17.2 Å². The maximum Gasteiger partial charge on any atom is 0.170 e. The van der Waals surface area contributed by atoms with Gasteiger partial charge in [-0.15, -0.1) is 0 Å². The third-order valence-corrected chi connectivity index (χ3v) is 3.39. The van der Waals surface area contributed by atoms with E-state index in [1.807, 2.05) is 26.9 Å². The summed E-state index contributed by atoms with van der Waals surface area (Å²) < 4.78 is 5.84. The molecule has 0 radical (unpaired) electrons. The molecule has 5 heteroatoms. The lowest BCUT2D eigenvalue weighted by Gasteiger charge is -2.27. The minimum atomic E-state index is -0.535. The maximum atomic E-state index is 6.19. The highest BCUT2D eigenvalue weighted by Crippen LogP contribution is 2.19. The Balaban J connectivity index is 4.79. The van der Waals surface area contributed by atoms with Crippen molar-refractivity contribution >= 4 is 7.85 Å². The Kier molecular flexibility index (Phi) is 10.2. The Morgan fingerprint density at radius 1 is 1.40 bits per heavy atom. The molecule has 6 N–H and O–H groups in total. The summed E-state index contributed by atoms with van der Waals surface area (Å²) in [6, 6.07) is -0.184. The number of unbranched alkanes of at least 4 members (excludes halogenated alkanes) is 1. The lowest BCUT2D eigenvalue weighted by atomic mass is 9.77. The molecule has 0 amide bonds. The molecule has 0 aromatic heterocycles. The van der Waals surface area contributed by atoms with Gasteiger partial charge in [0.05, 0.1) is 5.76 Å². The first kappa shape index (κ1) is 19.0. The normalized spacial score (nSPS) is 17.4. The van der Waals surface area contributed by atoms with Crippen molar-refractivity contribution in [3.8, 4) is 0 Å². The van der Waals surface area contributed by atoms with Gasteiger partial charge in [0, 0.05) is 12.5 Å². The van der Waals surface area contributed by atoms with Crippen LogP contribution in [0.15, 0.2) is 36.1 Å². The molecule has 20 heavy (non-hydrogen) atoms. The molecule has 0 aliphatic heterocycles. The van der Waals surface area contributed by atoms with E-state index in [4.69, 9.17) is 21.9 Å². The molecular weight excluding hydrogens is 249 g/mol. The van der Waals surface area contributed by atoms with Gasteiger partial charge in [0.15, 0.2) is 6.23 Å². The number of allylic oxidation sites excluding steroid dienone is 4. The zero-order chi connectivity index (χ0) is 15.5. The first-order valence-electron chi connectivity index (χ1n) is 7.37. The smallest absolute Gasteiger partial charge is 0.170 e. The SMILES string of the molecule is BC(CN)C(N)/C(=C\C)[C@H](N)O/C(=C/C=C)CCCC. The Morgan fingerprint density at radius 2 is 2.05 bits per heavy atom. The van der Waals surface area contributed by atoms with Crippen molar-refractivity contribution in [2.45, 2.75) is 51.2 Å². The van der Waals surface area contributed by atoms with Crippen molar-refractivity contribution in [3.63, 3.8) is 0 Å². The van der Waals surface area contributed by atoms with Crippen LogP contribution in [0.25, 0.3) is 0 Å². The molecule has 0 saturated carbocycles. The minimum Gasteiger partial charge on any atom is -0.476 e. The van der Waals surface area contributed by atoms with Crippen molar-refractivity contribution in [1.82, 2.24) is 0 Å². The number of rotatable bonds is 10. The van der Waals surface area contributed by atoms with Crippen LogP contribution in [0.2, 0.25) is 5.82 Å². The van der Waals surface area contributed by atoms with Crippen molar-refractivity contribution in [3.05, 3.63) is 36.1 Å². The topological polar surface area (TPSA) is 87.3 Å². The predicted octanol–water partition coefficient (Wildman–Crippen LogP) is 1.20. The molecule has 0 heterocycles. The van der Waals surface area contributed by atoms with Gasteiger partial charge in [0.2, 0.25) is 0 Å². The highest BCUT2D eigenvalue weighted by molar-refractivity contribution is 6.12. The van der Waals surface area contributed by atoms with Crippen LogP contribution in [0.1, 0.15) is 33.1 Å². The van der Waals surface area contributed by atoms with E-state index >= 15 is 0 Å². The molecule has 4 nitrogen and oxygen atoms in total. The molecule has 0 aliphatic carbocycles. The average Bonchev–Trinajstić information content (AvgIpc) is 2.44. The second kappa shape index (κ2) is 10.7. The molecular formula is C15H30BN3O. The van der Waals surface area contributed by atoms with Gasteiger partial charge in [-0.25, -0.2) is 0 Å². The Morgan fingerprint density at radius 3 is 2.50 bits per heavy atom. The minimum absolute atomic E-state index is 0.165. The molecule has 3 atom stereocenters. The van der Waals surface area contributed by atoms with Gasteiger partial charge in [-0.2, -0.15) is 0 Å². The quantitative estimate of drug-likeness (QED) is 0.184. The standard InChI is InChI=1S/C15H30BN3O/c1-4-7-9-11(8-5-2)20-15(19)12(6-3)14(18)13(16)10-17/h5-6,8,13-15H,2,4,7,9-10,16-19H2,1,3H3/b11-8+,12-6+/t13?,14?,15-/m1/s1. The number of nitrogens with two attached hydrogens (primary N) is 3. The maximum absolute atomic E-state index is 6.19. The number of ether oxygens (including phenoxy) is 1. The second-order valence-corrected chi connectivity index (χ2v) is 5.04. The summed E-state index contributed by atoms with van der Waals surface area (Å²) in [5.41, 5.74) is 18.9. The van der Waals surface area contributed by atoms with Gasteiger partial charge in [0.1, 0.15) is 7.85 Å². The average molecular weight is 279 g/mol. The van der Waals surface area contributed by atoms with Crippen molar-refractivity contribution < 1.29 is 4.74 Å². The van der Waals surface area contributed by atoms with Gasteiger partial charge in [-0.1, -0.05) is 32.1 Å². The number of hydrogen-bond donors (Lipinski definition) is 3. The summed E-state index contributed by atoms with van der Waals surface area (Å²) in [6.45, 7) is 8.29. The van der Waals surface area contributed by atoms with Crippen molar-refractivity contribution in [2.75, 3.05) is 6.54 Å². The third-order valence-electron chi connectivity index (χ3n) is 3.39. The molecule has 2 unspecified atom stereocenters. The van der Waals surface area contributed by atoms with E-state index in [1.54, 1.807) is 6.08 Å². The predicted molar refractivity (Wildman–Crippen MR) is 89.9 cm³/mol. The molecule has 0 aromatic carbocycles. The van der Waals surface area contributed by atoms with Crippen LogP contribution in [0, 0.1) is 0 Å². The first-order valence-corrected chi connectivity index (χ1v) is 7.37. The van der Waals surface area contributed by atoms with Gasteiger partial charge in [0.25, 0.3) is 0 Å². The molecule has 0 saturated heterocycles. The van der Waals surface area contributed by atoms with Gasteiger partial charge in [-0.3, -0.25) is 5.73 Å². The fraction of sp³-hybridized carbons (Fsp3) is 0.600. The van der Waals surface area contributed by atoms with Crippen LogP contribution in [-0.2, 0) is 4.74 Å². The molecule has 0 aliphatic rings. The molecule has 0 aromatic rings. The van der Waals surface area contributed by atoms with Gasteiger partial charge < -0.3 is 16.2 Å². The summed E-state index contributed by atoms with van der Waals surface area (Å²) in [7, 11) is 2.01. The van der Waals surface area contributed by atoms with Crippen LogP contribution in [0.4, 0.5) is 0 Å². The van der Waals surface area contributed by atoms with E-state index in [0.29, 0.717) is 6.54 Å². The highest BCUT2D eigenvalue weighted by Gasteiger charge is 2.22. The fourth-order valence-electron chi connectivity index (χ4n) is 1.92. The zero-order valence-electron chi connectivity index (χ0n) is 13.1. The van der Waals surface area contributed by atoms with Crippen LogP contribution >= 0.6 is 0 Å².